The maximum Gasteiger partial charge on any atom is 0.270 e. The van der Waals surface area contributed by atoms with Crippen molar-refractivity contribution < 1.29 is 19.1 Å². The number of anilines is 1. The first-order valence-corrected chi connectivity index (χ1v) is 6.72. The smallest absolute Gasteiger partial charge is 0.270 e. The molecule has 21 heavy (non-hydrogen) atoms. The molecule has 1 unspecified atom stereocenters. The number of nitrogens with zero attached hydrogens (tertiary/aromatic N) is 1. The molecule has 2 aliphatic rings. The topological polar surface area (TPSA) is 102 Å². The second-order valence-electron chi connectivity index (χ2n) is 5.01. The van der Waals surface area contributed by atoms with Gasteiger partial charge in [0, 0.05) is 18.8 Å². The van der Waals surface area contributed by atoms with Gasteiger partial charge in [-0.3, -0.25) is 14.4 Å². The molecule has 0 aliphatic carbocycles. The van der Waals surface area contributed by atoms with Crippen LogP contribution in [0.25, 0.3) is 0 Å². The summed E-state index contributed by atoms with van der Waals surface area (Å²) in [4.78, 5) is 37.4. The van der Waals surface area contributed by atoms with Crippen molar-refractivity contribution in [3.8, 4) is 0 Å². The van der Waals surface area contributed by atoms with E-state index in [-0.39, 0.29) is 29.3 Å². The lowest BCUT2D eigenvalue weighted by Gasteiger charge is -2.24. The van der Waals surface area contributed by atoms with E-state index in [1.807, 2.05) is 0 Å². The number of nitrogen functional groups attached to an aromatic ring is 1. The van der Waals surface area contributed by atoms with Crippen LogP contribution in [0.4, 0.5) is 5.69 Å². The zero-order valence-electron chi connectivity index (χ0n) is 11.3. The Morgan fingerprint density at radius 1 is 1.38 bits per heavy atom. The Morgan fingerprint density at radius 2 is 2.19 bits per heavy atom. The molecule has 7 nitrogen and oxygen atoms in total. The summed E-state index contributed by atoms with van der Waals surface area (Å²) in [5.41, 5.74) is 6.22. The number of carbonyl (C=O) groups excluding carboxylic acids is 3. The van der Waals surface area contributed by atoms with E-state index < -0.39 is 17.7 Å². The van der Waals surface area contributed by atoms with Gasteiger partial charge in [-0.2, -0.15) is 0 Å². The molecular formula is C14H15N3O4. The number of benzene rings is 1. The fraction of sp³-hybridized carbons (Fsp3) is 0.357. The molecule has 7 heteroatoms. The van der Waals surface area contributed by atoms with Crippen molar-refractivity contribution in [1.82, 2.24) is 10.2 Å². The molecule has 0 saturated carbocycles. The molecule has 1 fully saturated rings. The number of hydrogen-bond donors (Lipinski definition) is 2. The van der Waals surface area contributed by atoms with E-state index >= 15 is 0 Å². The number of fused-ring (bicyclic) bond motifs is 1. The number of rotatable bonds is 2. The lowest BCUT2D eigenvalue weighted by Crippen LogP contribution is -2.44. The SMILES string of the molecule is Nc1cccc2c1C(=O)N(C(=O)CC1CNCCO1)C2=O. The molecule has 1 saturated heterocycles. The van der Waals surface area contributed by atoms with Gasteiger partial charge in [-0.05, 0) is 12.1 Å². The average Bonchev–Trinajstić information content (AvgIpc) is 2.73. The fourth-order valence-corrected chi connectivity index (χ4v) is 2.57. The van der Waals surface area contributed by atoms with Gasteiger partial charge < -0.3 is 15.8 Å². The van der Waals surface area contributed by atoms with Crippen LogP contribution < -0.4 is 11.1 Å². The zero-order valence-corrected chi connectivity index (χ0v) is 11.3. The minimum Gasteiger partial charge on any atom is -0.398 e. The first-order valence-electron chi connectivity index (χ1n) is 6.72. The van der Waals surface area contributed by atoms with E-state index in [1.165, 1.54) is 12.1 Å². The lowest BCUT2D eigenvalue weighted by atomic mass is 10.1. The molecular weight excluding hydrogens is 274 g/mol. The number of hydrogen-bond acceptors (Lipinski definition) is 6. The van der Waals surface area contributed by atoms with Crippen molar-refractivity contribution in [2.24, 2.45) is 0 Å². The highest BCUT2D eigenvalue weighted by atomic mass is 16.5. The molecule has 3 N–H and O–H groups in total. The minimum absolute atomic E-state index is 0.0155. The molecule has 2 aliphatic heterocycles. The van der Waals surface area contributed by atoms with Gasteiger partial charge in [0.05, 0.1) is 30.3 Å². The standard InChI is InChI=1S/C14H15N3O4/c15-10-3-1-2-9-12(10)14(20)17(13(9)19)11(18)6-8-7-16-4-5-21-8/h1-3,8,16H,4-7,15H2. The summed E-state index contributed by atoms with van der Waals surface area (Å²) < 4.78 is 5.42. The van der Waals surface area contributed by atoms with Gasteiger partial charge >= 0.3 is 0 Å². The number of nitrogens with one attached hydrogen (secondary N) is 1. The summed E-state index contributed by atoms with van der Waals surface area (Å²) in [6, 6.07) is 4.62. The van der Waals surface area contributed by atoms with Gasteiger partial charge in [0.15, 0.2) is 0 Å². The molecule has 0 bridgehead atoms. The van der Waals surface area contributed by atoms with Crippen molar-refractivity contribution in [2.45, 2.75) is 12.5 Å². The number of ether oxygens (including phenoxy) is 1. The van der Waals surface area contributed by atoms with E-state index in [0.717, 1.165) is 6.54 Å². The third-order valence-corrected chi connectivity index (χ3v) is 3.60. The Balaban J connectivity index is 1.81. The Kier molecular flexibility index (Phi) is 3.44. The van der Waals surface area contributed by atoms with Crippen LogP contribution in [0.5, 0.6) is 0 Å². The van der Waals surface area contributed by atoms with E-state index in [4.69, 9.17) is 10.5 Å². The molecule has 0 spiro atoms. The Bertz CT molecular complexity index is 623. The normalized spacial score (nSPS) is 21.5. The van der Waals surface area contributed by atoms with Gasteiger partial charge in [0.2, 0.25) is 5.91 Å². The third kappa shape index (κ3) is 2.30. The van der Waals surface area contributed by atoms with Gasteiger partial charge in [0.25, 0.3) is 11.8 Å². The zero-order chi connectivity index (χ0) is 15.0. The van der Waals surface area contributed by atoms with Gasteiger partial charge in [-0.15, -0.1) is 0 Å². The number of carbonyl (C=O) groups is 3. The van der Waals surface area contributed by atoms with E-state index in [9.17, 15) is 14.4 Å². The van der Waals surface area contributed by atoms with Crippen molar-refractivity contribution in [3.63, 3.8) is 0 Å². The maximum atomic E-state index is 12.3. The van der Waals surface area contributed by atoms with Gasteiger partial charge in [-0.1, -0.05) is 6.07 Å². The van der Waals surface area contributed by atoms with E-state index in [2.05, 4.69) is 5.32 Å². The summed E-state index contributed by atoms with van der Waals surface area (Å²) in [7, 11) is 0. The second kappa shape index (κ2) is 5.27. The number of nitrogens with two attached hydrogens (primary N) is 1. The predicted octanol–water partition coefficient (Wildman–Crippen LogP) is -0.230. The van der Waals surface area contributed by atoms with Crippen molar-refractivity contribution in [3.05, 3.63) is 29.3 Å². The molecule has 0 aromatic heterocycles. The van der Waals surface area contributed by atoms with Crippen LogP contribution in [0.3, 0.4) is 0 Å². The molecule has 0 radical (unpaired) electrons. The Hall–Kier alpha value is -2.25. The Labute approximate surface area is 121 Å². The number of amides is 3. The molecule has 2 heterocycles. The molecule has 110 valence electrons. The molecule has 1 aromatic carbocycles. The van der Waals surface area contributed by atoms with Crippen LogP contribution >= 0.6 is 0 Å². The second-order valence-corrected chi connectivity index (χ2v) is 5.01. The summed E-state index contributed by atoms with van der Waals surface area (Å²) in [6.07, 6.45) is -0.342. The highest BCUT2D eigenvalue weighted by Gasteiger charge is 2.41. The lowest BCUT2D eigenvalue weighted by molar-refractivity contribution is -0.129. The van der Waals surface area contributed by atoms with Crippen LogP contribution in [0.15, 0.2) is 18.2 Å². The number of morpholine rings is 1. The number of imide groups is 3. The highest BCUT2D eigenvalue weighted by molar-refractivity contribution is 6.30. The third-order valence-electron chi connectivity index (χ3n) is 3.60. The van der Waals surface area contributed by atoms with Crippen molar-refractivity contribution in [2.75, 3.05) is 25.4 Å². The van der Waals surface area contributed by atoms with Crippen LogP contribution in [0.2, 0.25) is 0 Å². The summed E-state index contributed by atoms with van der Waals surface area (Å²) in [6.45, 7) is 1.76. The summed E-state index contributed by atoms with van der Waals surface area (Å²) in [5.74, 6) is -1.83. The van der Waals surface area contributed by atoms with Crippen molar-refractivity contribution in [1.29, 1.82) is 0 Å². The molecule has 3 rings (SSSR count). The van der Waals surface area contributed by atoms with Crippen LogP contribution in [0.1, 0.15) is 27.1 Å². The van der Waals surface area contributed by atoms with Crippen LogP contribution in [-0.4, -0.2) is 48.4 Å². The van der Waals surface area contributed by atoms with Gasteiger partial charge in [-0.25, -0.2) is 4.90 Å². The summed E-state index contributed by atoms with van der Waals surface area (Å²) in [5, 5.41) is 3.09. The van der Waals surface area contributed by atoms with Crippen molar-refractivity contribution >= 4 is 23.4 Å². The fourth-order valence-electron chi connectivity index (χ4n) is 2.57. The van der Waals surface area contributed by atoms with Crippen LogP contribution in [0, 0.1) is 0 Å². The largest absolute Gasteiger partial charge is 0.398 e. The predicted molar refractivity (Wildman–Crippen MR) is 73.6 cm³/mol. The van der Waals surface area contributed by atoms with Crippen LogP contribution in [-0.2, 0) is 9.53 Å². The monoisotopic (exact) mass is 289 g/mol. The molecule has 1 aromatic rings. The van der Waals surface area contributed by atoms with Gasteiger partial charge in [0.1, 0.15) is 0 Å². The first-order chi connectivity index (χ1) is 10.1. The quantitative estimate of drug-likeness (QED) is 0.576. The minimum atomic E-state index is -0.651. The average molecular weight is 289 g/mol. The van der Waals surface area contributed by atoms with E-state index in [1.54, 1.807) is 6.07 Å². The summed E-state index contributed by atoms with van der Waals surface area (Å²) >= 11 is 0. The maximum absolute atomic E-state index is 12.3. The molecule has 3 amide bonds. The highest BCUT2D eigenvalue weighted by Crippen LogP contribution is 2.28. The molecule has 1 atom stereocenters. The first kappa shape index (κ1) is 13.7. The van der Waals surface area contributed by atoms with E-state index in [0.29, 0.717) is 18.1 Å². The Morgan fingerprint density at radius 3 is 2.86 bits per heavy atom.